The molecule has 2 N–H and O–H groups in total. The molecule has 1 saturated carbocycles. The van der Waals surface area contributed by atoms with E-state index in [1.165, 1.54) is 6.42 Å². The van der Waals surface area contributed by atoms with E-state index in [1.54, 1.807) is 24.3 Å². The Morgan fingerprint density at radius 1 is 1.05 bits per heavy atom. The van der Waals surface area contributed by atoms with E-state index in [0.29, 0.717) is 11.3 Å². The molecule has 6 heteroatoms. The van der Waals surface area contributed by atoms with Crippen LogP contribution in [0.25, 0.3) is 0 Å². The fourth-order valence-electron chi connectivity index (χ4n) is 2.07. The van der Waals surface area contributed by atoms with Gasteiger partial charge in [-0.15, -0.1) is 0 Å². The Balaban J connectivity index is 1.87. The molecule has 1 aromatic rings. The standard InChI is InChI=1S/C15H16N4O2/c16-10-11-6-8-12(9-7-11)17-14(20)15(21)19-18-13-4-2-1-3-5-13/h6-9H,1-5H2,(H,17,20)(H,19,21). The van der Waals surface area contributed by atoms with Gasteiger partial charge in [0.05, 0.1) is 11.6 Å². The topological polar surface area (TPSA) is 94.4 Å². The summed E-state index contributed by atoms with van der Waals surface area (Å²) in [5, 5.41) is 15.1. The van der Waals surface area contributed by atoms with Crippen molar-refractivity contribution in [2.24, 2.45) is 5.10 Å². The average Bonchev–Trinajstić information content (AvgIpc) is 2.54. The third kappa shape index (κ3) is 4.42. The summed E-state index contributed by atoms with van der Waals surface area (Å²) in [4.78, 5) is 23.3. The van der Waals surface area contributed by atoms with Crippen LogP contribution in [0, 0.1) is 11.3 Å². The van der Waals surface area contributed by atoms with Crippen molar-refractivity contribution < 1.29 is 9.59 Å². The summed E-state index contributed by atoms with van der Waals surface area (Å²) in [7, 11) is 0. The van der Waals surface area contributed by atoms with E-state index in [4.69, 9.17) is 5.26 Å². The van der Waals surface area contributed by atoms with Crippen molar-refractivity contribution in [2.75, 3.05) is 5.32 Å². The van der Waals surface area contributed by atoms with Crippen LogP contribution >= 0.6 is 0 Å². The number of hydrazone groups is 1. The number of nitrogens with zero attached hydrogens (tertiary/aromatic N) is 2. The summed E-state index contributed by atoms with van der Waals surface area (Å²) in [6, 6.07) is 8.24. The number of nitriles is 1. The molecule has 1 aliphatic rings. The predicted octanol–water partition coefficient (Wildman–Crippen LogP) is 1.93. The first kappa shape index (κ1) is 14.7. The maximum Gasteiger partial charge on any atom is 0.329 e. The molecule has 0 heterocycles. The molecule has 0 bridgehead atoms. The van der Waals surface area contributed by atoms with Crippen LogP contribution < -0.4 is 10.7 Å². The quantitative estimate of drug-likeness (QED) is 0.641. The predicted molar refractivity (Wildman–Crippen MR) is 78.4 cm³/mol. The number of anilines is 1. The lowest BCUT2D eigenvalue weighted by Crippen LogP contribution is -2.33. The van der Waals surface area contributed by atoms with Crippen LogP contribution in [0.3, 0.4) is 0 Å². The van der Waals surface area contributed by atoms with Crippen molar-refractivity contribution in [3.05, 3.63) is 29.8 Å². The monoisotopic (exact) mass is 284 g/mol. The minimum Gasteiger partial charge on any atom is -0.318 e. The van der Waals surface area contributed by atoms with Gasteiger partial charge in [0.2, 0.25) is 0 Å². The maximum atomic E-state index is 11.7. The molecule has 21 heavy (non-hydrogen) atoms. The van der Waals surface area contributed by atoms with Gasteiger partial charge in [-0.25, -0.2) is 5.43 Å². The van der Waals surface area contributed by atoms with Gasteiger partial charge in [-0.05, 0) is 49.9 Å². The molecule has 0 aromatic heterocycles. The van der Waals surface area contributed by atoms with Crippen LogP contribution in [0.1, 0.15) is 37.7 Å². The molecule has 0 atom stereocenters. The van der Waals surface area contributed by atoms with Gasteiger partial charge in [-0.1, -0.05) is 6.42 Å². The lowest BCUT2D eigenvalue weighted by atomic mass is 9.99. The number of nitrogens with one attached hydrogen (secondary N) is 2. The van der Waals surface area contributed by atoms with Crippen molar-refractivity contribution in [3.63, 3.8) is 0 Å². The molecule has 6 nitrogen and oxygen atoms in total. The maximum absolute atomic E-state index is 11.7. The summed E-state index contributed by atoms with van der Waals surface area (Å²) < 4.78 is 0. The van der Waals surface area contributed by atoms with Gasteiger partial charge in [-0.3, -0.25) is 9.59 Å². The highest BCUT2D eigenvalue weighted by Gasteiger charge is 2.14. The van der Waals surface area contributed by atoms with Crippen molar-refractivity contribution in [1.82, 2.24) is 5.43 Å². The zero-order chi connectivity index (χ0) is 15.1. The Bertz CT molecular complexity index is 591. The fourth-order valence-corrected chi connectivity index (χ4v) is 2.07. The second-order valence-corrected chi connectivity index (χ2v) is 4.82. The van der Waals surface area contributed by atoms with Crippen LogP contribution in [-0.4, -0.2) is 17.5 Å². The van der Waals surface area contributed by atoms with E-state index in [9.17, 15) is 9.59 Å². The molecule has 1 fully saturated rings. The van der Waals surface area contributed by atoms with Gasteiger partial charge in [0.1, 0.15) is 0 Å². The normalized spacial score (nSPS) is 14.0. The lowest BCUT2D eigenvalue weighted by molar-refractivity contribution is -0.136. The first-order valence-corrected chi connectivity index (χ1v) is 6.86. The molecule has 1 aromatic carbocycles. The van der Waals surface area contributed by atoms with Gasteiger partial charge in [0.25, 0.3) is 0 Å². The largest absolute Gasteiger partial charge is 0.329 e. The van der Waals surface area contributed by atoms with E-state index >= 15 is 0 Å². The van der Waals surface area contributed by atoms with Crippen LogP contribution in [0.2, 0.25) is 0 Å². The first-order chi connectivity index (χ1) is 10.2. The summed E-state index contributed by atoms with van der Waals surface area (Å²) >= 11 is 0. The third-order valence-electron chi connectivity index (χ3n) is 3.22. The van der Waals surface area contributed by atoms with Gasteiger partial charge in [0, 0.05) is 11.4 Å². The fraction of sp³-hybridized carbons (Fsp3) is 0.333. The average molecular weight is 284 g/mol. The molecule has 108 valence electrons. The number of hydrogen-bond donors (Lipinski definition) is 2. The Kier molecular flexibility index (Phi) is 5.04. The second-order valence-electron chi connectivity index (χ2n) is 4.82. The van der Waals surface area contributed by atoms with E-state index in [0.717, 1.165) is 31.4 Å². The van der Waals surface area contributed by atoms with Crippen LogP contribution in [0.5, 0.6) is 0 Å². The number of carbonyl (C=O) groups is 2. The van der Waals surface area contributed by atoms with Crippen molar-refractivity contribution in [2.45, 2.75) is 32.1 Å². The molecule has 0 aliphatic heterocycles. The molecule has 0 spiro atoms. The van der Waals surface area contributed by atoms with E-state index in [1.807, 2.05) is 6.07 Å². The number of rotatable bonds is 2. The first-order valence-electron chi connectivity index (χ1n) is 6.86. The zero-order valence-electron chi connectivity index (χ0n) is 11.6. The van der Waals surface area contributed by atoms with Crippen molar-refractivity contribution in [1.29, 1.82) is 5.26 Å². The number of carbonyl (C=O) groups excluding carboxylic acids is 2. The Hall–Kier alpha value is -2.68. The molecule has 0 unspecified atom stereocenters. The summed E-state index contributed by atoms with van der Waals surface area (Å²) in [5.41, 5.74) is 4.16. The minimum atomic E-state index is -0.794. The Labute approximate surface area is 122 Å². The summed E-state index contributed by atoms with van der Waals surface area (Å²) in [6.07, 6.45) is 5.08. The van der Waals surface area contributed by atoms with E-state index in [-0.39, 0.29) is 0 Å². The van der Waals surface area contributed by atoms with Crippen LogP contribution in [0.4, 0.5) is 5.69 Å². The van der Waals surface area contributed by atoms with Gasteiger partial charge >= 0.3 is 11.8 Å². The molecule has 2 rings (SSSR count). The van der Waals surface area contributed by atoms with Gasteiger partial charge in [0.15, 0.2) is 0 Å². The van der Waals surface area contributed by atoms with Crippen LogP contribution in [-0.2, 0) is 9.59 Å². The second kappa shape index (κ2) is 7.20. The smallest absolute Gasteiger partial charge is 0.318 e. The molecule has 0 saturated heterocycles. The SMILES string of the molecule is N#Cc1ccc(NC(=O)C(=O)NN=C2CCCCC2)cc1. The van der Waals surface area contributed by atoms with E-state index in [2.05, 4.69) is 15.8 Å². The van der Waals surface area contributed by atoms with Crippen molar-refractivity contribution >= 4 is 23.2 Å². The molecular weight excluding hydrogens is 268 g/mol. The number of hydrogen-bond acceptors (Lipinski definition) is 4. The van der Waals surface area contributed by atoms with E-state index < -0.39 is 11.8 Å². The van der Waals surface area contributed by atoms with Crippen LogP contribution in [0.15, 0.2) is 29.4 Å². The molecule has 2 amide bonds. The highest BCUT2D eigenvalue weighted by Crippen LogP contribution is 2.14. The van der Waals surface area contributed by atoms with Gasteiger partial charge in [-0.2, -0.15) is 10.4 Å². The van der Waals surface area contributed by atoms with Gasteiger partial charge < -0.3 is 5.32 Å². The number of benzene rings is 1. The third-order valence-corrected chi connectivity index (χ3v) is 3.22. The zero-order valence-corrected chi connectivity index (χ0v) is 11.6. The summed E-state index contributed by atoms with van der Waals surface area (Å²) in [6.45, 7) is 0. The highest BCUT2D eigenvalue weighted by molar-refractivity contribution is 6.39. The van der Waals surface area contributed by atoms with Crippen molar-refractivity contribution in [3.8, 4) is 6.07 Å². The lowest BCUT2D eigenvalue weighted by Gasteiger charge is -2.11. The number of amides is 2. The molecule has 0 radical (unpaired) electrons. The molecular formula is C15H16N4O2. The molecule has 1 aliphatic carbocycles. The highest BCUT2D eigenvalue weighted by atomic mass is 16.2. The Morgan fingerprint density at radius 2 is 1.71 bits per heavy atom. The Morgan fingerprint density at radius 3 is 2.33 bits per heavy atom. The summed E-state index contributed by atoms with van der Waals surface area (Å²) in [5.74, 6) is -1.57. The minimum absolute atomic E-state index is 0.458.